The summed E-state index contributed by atoms with van der Waals surface area (Å²) in [5.41, 5.74) is 6.65. The Labute approximate surface area is 126 Å². The van der Waals surface area contributed by atoms with Crippen molar-refractivity contribution in [1.82, 2.24) is 5.32 Å². The molecule has 1 amide bonds. The van der Waals surface area contributed by atoms with Gasteiger partial charge >= 0.3 is 0 Å². The van der Waals surface area contributed by atoms with Gasteiger partial charge in [0.25, 0.3) is 5.91 Å². The van der Waals surface area contributed by atoms with Crippen LogP contribution in [0.1, 0.15) is 33.3 Å². The second kappa shape index (κ2) is 8.52. The van der Waals surface area contributed by atoms with Gasteiger partial charge in [0.15, 0.2) is 17.6 Å². The Morgan fingerprint density at radius 2 is 2.00 bits per heavy atom. The highest BCUT2D eigenvalue weighted by atomic mass is 16.5. The molecular weight excluding hydrogens is 268 g/mol. The quantitative estimate of drug-likeness (QED) is 0.768. The minimum atomic E-state index is -0.577. The third-order valence-electron chi connectivity index (χ3n) is 2.84. The number of carbonyl (C=O) groups excluding carboxylic acids is 1. The van der Waals surface area contributed by atoms with Crippen LogP contribution in [-0.4, -0.2) is 31.2 Å². The molecule has 0 saturated carbocycles. The molecule has 1 aromatic carbocycles. The minimum absolute atomic E-state index is 0.0850. The van der Waals surface area contributed by atoms with Crippen LogP contribution in [0.2, 0.25) is 0 Å². The lowest BCUT2D eigenvalue weighted by atomic mass is 10.1. The second-order valence-corrected chi connectivity index (χ2v) is 5.18. The molecule has 0 aliphatic heterocycles. The molecule has 0 fully saturated rings. The van der Waals surface area contributed by atoms with Gasteiger partial charge in [-0.2, -0.15) is 0 Å². The van der Waals surface area contributed by atoms with Gasteiger partial charge in [-0.25, -0.2) is 0 Å². The summed E-state index contributed by atoms with van der Waals surface area (Å²) in [6.07, 6.45) is 0.205. The number of ether oxygens (including phenoxy) is 2. The Morgan fingerprint density at radius 3 is 2.57 bits per heavy atom. The summed E-state index contributed by atoms with van der Waals surface area (Å²) in [7, 11) is 0. The lowest BCUT2D eigenvalue weighted by Crippen LogP contribution is -2.40. The van der Waals surface area contributed by atoms with E-state index in [1.807, 2.05) is 39.0 Å². The molecule has 0 radical (unpaired) electrons. The molecule has 0 saturated heterocycles. The first-order chi connectivity index (χ1) is 9.97. The Balaban J connectivity index is 2.83. The molecule has 1 rings (SSSR count). The molecule has 1 unspecified atom stereocenters. The minimum Gasteiger partial charge on any atom is -0.490 e. The number of nitrogens with two attached hydrogens (primary N) is 1. The fourth-order valence-corrected chi connectivity index (χ4v) is 1.89. The van der Waals surface area contributed by atoms with E-state index in [1.54, 1.807) is 6.92 Å². The first-order valence-corrected chi connectivity index (χ1v) is 7.40. The molecule has 5 nitrogen and oxygen atoms in total. The first kappa shape index (κ1) is 17.3. The topological polar surface area (TPSA) is 73.6 Å². The fourth-order valence-electron chi connectivity index (χ4n) is 1.89. The van der Waals surface area contributed by atoms with E-state index in [0.717, 1.165) is 12.0 Å². The van der Waals surface area contributed by atoms with Gasteiger partial charge < -0.3 is 20.5 Å². The normalized spacial score (nSPS) is 12.1. The van der Waals surface area contributed by atoms with E-state index in [-0.39, 0.29) is 11.9 Å². The van der Waals surface area contributed by atoms with Crippen molar-refractivity contribution in [2.75, 3.05) is 13.2 Å². The van der Waals surface area contributed by atoms with Crippen molar-refractivity contribution in [1.29, 1.82) is 0 Å². The lowest BCUT2D eigenvalue weighted by molar-refractivity contribution is -0.127. The largest absolute Gasteiger partial charge is 0.490 e. The molecule has 3 N–H and O–H groups in total. The molecule has 0 bridgehead atoms. The number of rotatable bonds is 8. The highest BCUT2D eigenvalue weighted by molar-refractivity contribution is 5.81. The fraction of sp³-hybridized carbons (Fsp3) is 0.562. The van der Waals surface area contributed by atoms with Crippen LogP contribution in [-0.2, 0) is 11.2 Å². The average Bonchev–Trinajstić information content (AvgIpc) is 2.41. The first-order valence-electron chi connectivity index (χ1n) is 7.40. The van der Waals surface area contributed by atoms with Crippen molar-refractivity contribution < 1.29 is 14.3 Å². The predicted octanol–water partition coefficient (Wildman–Crippen LogP) is 1.88. The van der Waals surface area contributed by atoms with Crippen LogP contribution in [0.25, 0.3) is 0 Å². The summed E-state index contributed by atoms with van der Waals surface area (Å²) < 4.78 is 11.3. The highest BCUT2D eigenvalue weighted by Gasteiger charge is 2.17. The van der Waals surface area contributed by atoms with Crippen molar-refractivity contribution in [2.45, 2.75) is 46.3 Å². The van der Waals surface area contributed by atoms with Crippen LogP contribution in [0.5, 0.6) is 11.5 Å². The Hall–Kier alpha value is -1.75. The standard InChI is InChI=1S/C16H26N2O3/c1-5-20-15-10-13(8-9-17)6-7-14(15)21-12(4)16(19)18-11(2)3/h6-7,10-12H,5,8-9,17H2,1-4H3,(H,18,19). The highest BCUT2D eigenvalue weighted by Crippen LogP contribution is 2.29. The van der Waals surface area contributed by atoms with Crippen LogP contribution < -0.4 is 20.5 Å². The molecule has 1 aromatic rings. The maximum atomic E-state index is 11.9. The molecule has 118 valence electrons. The molecule has 5 heteroatoms. The predicted molar refractivity (Wildman–Crippen MR) is 83.7 cm³/mol. The molecule has 0 aliphatic rings. The molecule has 21 heavy (non-hydrogen) atoms. The Morgan fingerprint density at radius 1 is 1.29 bits per heavy atom. The maximum absolute atomic E-state index is 11.9. The van der Waals surface area contributed by atoms with E-state index >= 15 is 0 Å². The number of hydrogen-bond donors (Lipinski definition) is 2. The number of benzene rings is 1. The van der Waals surface area contributed by atoms with Crippen molar-refractivity contribution in [3.63, 3.8) is 0 Å². The summed E-state index contributed by atoms with van der Waals surface area (Å²) >= 11 is 0. The van der Waals surface area contributed by atoms with E-state index in [2.05, 4.69) is 5.32 Å². The van der Waals surface area contributed by atoms with Gasteiger partial charge in [-0.3, -0.25) is 4.79 Å². The van der Waals surface area contributed by atoms with Crippen molar-refractivity contribution >= 4 is 5.91 Å². The number of nitrogens with one attached hydrogen (secondary N) is 1. The SMILES string of the molecule is CCOc1cc(CCN)ccc1OC(C)C(=O)NC(C)C. The maximum Gasteiger partial charge on any atom is 0.260 e. The Kier molecular flexibility index (Phi) is 7.02. The zero-order chi connectivity index (χ0) is 15.8. The number of carbonyl (C=O) groups is 1. The van der Waals surface area contributed by atoms with Gasteiger partial charge in [0.05, 0.1) is 6.61 Å². The molecule has 1 atom stereocenters. The summed E-state index contributed by atoms with van der Waals surface area (Å²) in [6.45, 7) is 8.58. The van der Waals surface area contributed by atoms with Gasteiger partial charge in [-0.15, -0.1) is 0 Å². The van der Waals surface area contributed by atoms with E-state index in [9.17, 15) is 4.79 Å². The zero-order valence-electron chi connectivity index (χ0n) is 13.3. The van der Waals surface area contributed by atoms with Gasteiger partial charge in [0.2, 0.25) is 0 Å². The molecular formula is C16H26N2O3. The van der Waals surface area contributed by atoms with E-state index in [1.165, 1.54) is 0 Å². The number of hydrogen-bond acceptors (Lipinski definition) is 4. The van der Waals surface area contributed by atoms with Crippen molar-refractivity contribution in [3.8, 4) is 11.5 Å². The van der Waals surface area contributed by atoms with Crippen LogP contribution >= 0.6 is 0 Å². The third-order valence-corrected chi connectivity index (χ3v) is 2.84. The van der Waals surface area contributed by atoms with Crippen LogP contribution in [0.15, 0.2) is 18.2 Å². The summed E-state index contributed by atoms with van der Waals surface area (Å²) in [5.74, 6) is 1.08. The summed E-state index contributed by atoms with van der Waals surface area (Å²) in [6, 6.07) is 5.77. The molecule has 0 spiro atoms. The smallest absolute Gasteiger partial charge is 0.260 e. The van der Waals surface area contributed by atoms with Crippen LogP contribution in [0, 0.1) is 0 Å². The summed E-state index contributed by atoms with van der Waals surface area (Å²) in [5, 5.41) is 2.82. The number of amides is 1. The monoisotopic (exact) mass is 294 g/mol. The van der Waals surface area contributed by atoms with Crippen LogP contribution in [0.4, 0.5) is 0 Å². The van der Waals surface area contributed by atoms with Gasteiger partial charge in [-0.05, 0) is 58.4 Å². The van der Waals surface area contributed by atoms with E-state index in [0.29, 0.717) is 24.7 Å². The Bertz CT molecular complexity index is 461. The second-order valence-electron chi connectivity index (χ2n) is 5.18. The molecule has 0 aliphatic carbocycles. The van der Waals surface area contributed by atoms with Crippen LogP contribution in [0.3, 0.4) is 0 Å². The average molecular weight is 294 g/mol. The lowest BCUT2D eigenvalue weighted by Gasteiger charge is -2.19. The van der Waals surface area contributed by atoms with E-state index in [4.69, 9.17) is 15.2 Å². The molecule has 0 heterocycles. The third kappa shape index (κ3) is 5.63. The van der Waals surface area contributed by atoms with Crippen molar-refractivity contribution in [2.24, 2.45) is 5.73 Å². The zero-order valence-corrected chi connectivity index (χ0v) is 13.3. The van der Waals surface area contributed by atoms with Gasteiger partial charge in [0.1, 0.15) is 0 Å². The summed E-state index contributed by atoms with van der Waals surface area (Å²) in [4.78, 5) is 11.9. The van der Waals surface area contributed by atoms with E-state index < -0.39 is 6.10 Å². The molecule has 0 aromatic heterocycles. The van der Waals surface area contributed by atoms with Gasteiger partial charge in [-0.1, -0.05) is 6.07 Å². The van der Waals surface area contributed by atoms with Crippen molar-refractivity contribution in [3.05, 3.63) is 23.8 Å². The van der Waals surface area contributed by atoms with Gasteiger partial charge in [0, 0.05) is 6.04 Å².